The van der Waals surface area contributed by atoms with Crippen LogP contribution >= 0.6 is 16.7 Å². The average molecular weight is 149 g/mol. The summed E-state index contributed by atoms with van der Waals surface area (Å²) in [6.45, 7) is 1.27. The molecular formula is C5H13NP2. The van der Waals surface area contributed by atoms with Crippen LogP contribution in [0.1, 0.15) is 19.3 Å². The third-order valence-electron chi connectivity index (χ3n) is 1.28. The van der Waals surface area contributed by atoms with Crippen molar-refractivity contribution in [3.63, 3.8) is 0 Å². The Morgan fingerprint density at radius 3 is 3.12 bits per heavy atom. The summed E-state index contributed by atoms with van der Waals surface area (Å²) in [6, 6.07) is 0. The second-order valence-electron chi connectivity index (χ2n) is 2.04. The van der Waals surface area contributed by atoms with Gasteiger partial charge in [-0.2, -0.15) is 0 Å². The second kappa shape index (κ2) is 4.68. The van der Waals surface area contributed by atoms with Gasteiger partial charge in [0.2, 0.25) is 0 Å². The first kappa shape index (κ1) is 6.93. The van der Waals surface area contributed by atoms with Crippen LogP contribution in [0.15, 0.2) is 0 Å². The van der Waals surface area contributed by atoms with Gasteiger partial charge in [0.25, 0.3) is 0 Å². The van der Waals surface area contributed by atoms with Crippen LogP contribution in [0.5, 0.6) is 0 Å². The molecule has 0 radical (unpaired) electrons. The van der Waals surface area contributed by atoms with E-state index in [-0.39, 0.29) is 0 Å². The normalized spacial score (nSPS) is 30.0. The fraction of sp³-hybridized carbons (Fsp3) is 1.00. The van der Waals surface area contributed by atoms with E-state index in [0.717, 1.165) is 8.42 Å². The molecule has 1 saturated heterocycles. The standard InChI is InChI=1S/C5H13NP2/c1-2-4-6-8-7-5-3-1/h6-8H,1-5H2. The van der Waals surface area contributed by atoms with Crippen molar-refractivity contribution in [1.29, 1.82) is 0 Å². The van der Waals surface area contributed by atoms with E-state index in [9.17, 15) is 0 Å². The summed E-state index contributed by atoms with van der Waals surface area (Å²) in [5.41, 5.74) is 0. The molecule has 1 heterocycles. The molecule has 1 aliphatic heterocycles. The van der Waals surface area contributed by atoms with Gasteiger partial charge < -0.3 is 0 Å². The SMILES string of the molecule is C1CCNPPCC1. The Hall–Kier alpha value is 0.820. The minimum absolute atomic E-state index is 1.07. The number of nitrogens with one attached hydrogen (secondary N) is 1. The van der Waals surface area contributed by atoms with Crippen molar-refractivity contribution in [2.75, 3.05) is 12.7 Å². The smallest absolute Gasteiger partial charge is 0.000932 e. The molecule has 0 aliphatic carbocycles. The average Bonchev–Trinajstić information content (AvgIpc) is 1.62. The minimum atomic E-state index is 1.07. The number of hydrogen-bond acceptors (Lipinski definition) is 1. The van der Waals surface area contributed by atoms with Crippen LogP contribution in [0, 0.1) is 0 Å². The van der Waals surface area contributed by atoms with Gasteiger partial charge in [-0.25, -0.2) is 0 Å². The first-order chi connectivity index (χ1) is 4.00. The van der Waals surface area contributed by atoms with Gasteiger partial charge in [-0.3, -0.25) is 5.09 Å². The van der Waals surface area contributed by atoms with E-state index in [4.69, 9.17) is 0 Å². The van der Waals surface area contributed by atoms with Crippen molar-refractivity contribution in [3.8, 4) is 0 Å². The zero-order valence-electron chi connectivity index (χ0n) is 5.04. The molecule has 0 saturated carbocycles. The summed E-state index contributed by atoms with van der Waals surface area (Å²) in [5.74, 6) is 0. The number of hydrogen-bond donors (Lipinski definition) is 1. The summed E-state index contributed by atoms with van der Waals surface area (Å²) in [7, 11) is 2.28. The molecule has 2 unspecified atom stereocenters. The van der Waals surface area contributed by atoms with Gasteiger partial charge >= 0.3 is 0 Å². The molecule has 0 bridgehead atoms. The van der Waals surface area contributed by atoms with Crippen molar-refractivity contribution < 1.29 is 0 Å². The molecule has 1 nitrogen and oxygen atoms in total. The van der Waals surface area contributed by atoms with Gasteiger partial charge in [-0.15, -0.1) is 0 Å². The highest BCUT2D eigenvalue weighted by atomic mass is 32.0. The Bertz CT molecular complexity index is 34.4. The highest BCUT2D eigenvalue weighted by Crippen LogP contribution is 2.34. The molecule has 3 heteroatoms. The molecular weight excluding hydrogens is 136 g/mol. The molecule has 1 rings (SSSR count). The monoisotopic (exact) mass is 149 g/mol. The van der Waals surface area contributed by atoms with Gasteiger partial charge in [0.05, 0.1) is 0 Å². The quantitative estimate of drug-likeness (QED) is 0.519. The van der Waals surface area contributed by atoms with E-state index >= 15 is 0 Å². The lowest BCUT2D eigenvalue weighted by Crippen LogP contribution is -2.03. The van der Waals surface area contributed by atoms with Crippen molar-refractivity contribution in [2.24, 2.45) is 0 Å². The van der Waals surface area contributed by atoms with E-state index in [0.29, 0.717) is 0 Å². The summed E-state index contributed by atoms with van der Waals surface area (Å²) < 4.78 is 0. The van der Waals surface area contributed by atoms with E-state index in [1.807, 2.05) is 0 Å². The zero-order valence-corrected chi connectivity index (χ0v) is 7.04. The molecule has 2 atom stereocenters. The van der Waals surface area contributed by atoms with Gasteiger partial charge in [-0.1, -0.05) is 14.7 Å². The van der Waals surface area contributed by atoms with Gasteiger partial charge in [-0.05, 0) is 34.0 Å². The summed E-state index contributed by atoms with van der Waals surface area (Å²) in [5, 5.41) is 3.43. The van der Waals surface area contributed by atoms with Crippen LogP contribution in [0.2, 0.25) is 0 Å². The van der Waals surface area contributed by atoms with Crippen molar-refractivity contribution in [1.82, 2.24) is 5.09 Å². The first-order valence-electron chi connectivity index (χ1n) is 3.21. The highest BCUT2D eigenvalue weighted by molar-refractivity contribution is 8.10. The first-order valence-corrected chi connectivity index (χ1v) is 6.41. The largest absolute Gasteiger partial charge is 0.295 e. The van der Waals surface area contributed by atoms with Crippen molar-refractivity contribution >= 4 is 16.7 Å². The molecule has 8 heavy (non-hydrogen) atoms. The molecule has 0 amide bonds. The maximum atomic E-state index is 3.43. The topological polar surface area (TPSA) is 12.0 Å². The molecule has 48 valence electrons. The third kappa shape index (κ3) is 2.97. The molecule has 1 aliphatic rings. The minimum Gasteiger partial charge on any atom is -0.295 e. The highest BCUT2D eigenvalue weighted by Gasteiger charge is 1.94. The third-order valence-corrected chi connectivity index (χ3v) is 4.30. The predicted octanol–water partition coefficient (Wildman–Crippen LogP) is 1.95. The van der Waals surface area contributed by atoms with E-state index in [1.54, 1.807) is 0 Å². The summed E-state index contributed by atoms with van der Waals surface area (Å²) >= 11 is 0. The van der Waals surface area contributed by atoms with Gasteiger partial charge in [0.1, 0.15) is 0 Å². The Morgan fingerprint density at radius 2 is 2.12 bits per heavy atom. The maximum absolute atomic E-state index is 3.43. The van der Waals surface area contributed by atoms with E-state index in [1.165, 1.54) is 40.2 Å². The summed E-state index contributed by atoms with van der Waals surface area (Å²) in [6.07, 6.45) is 5.81. The van der Waals surface area contributed by atoms with Crippen molar-refractivity contribution in [2.45, 2.75) is 19.3 Å². The molecule has 1 fully saturated rings. The van der Waals surface area contributed by atoms with Crippen LogP contribution in [-0.2, 0) is 0 Å². The molecule has 0 aromatic rings. The Balaban J connectivity index is 2.00. The van der Waals surface area contributed by atoms with Crippen LogP contribution in [0.3, 0.4) is 0 Å². The van der Waals surface area contributed by atoms with Crippen LogP contribution in [0.25, 0.3) is 0 Å². The predicted molar refractivity (Wildman–Crippen MR) is 43.4 cm³/mol. The fourth-order valence-corrected chi connectivity index (χ4v) is 3.42. The lowest BCUT2D eigenvalue weighted by Gasteiger charge is -2.08. The fourth-order valence-electron chi connectivity index (χ4n) is 0.791. The molecule has 0 spiro atoms. The number of rotatable bonds is 0. The van der Waals surface area contributed by atoms with Crippen LogP contribution in [0.4, 0.5) is 0 Å². The maximum Gasteiger partial charge on any atom is -0.000932 e. The second-order valence-corrected chi connectivity index (χ2v) is 5.31. The van der Waals surface area contributed by atoms with Crippen LogP contribution < -0.4 is 5.09 Å². The van der Waals surface area contributed by atoms with E-state index in [2.05, 4.69) is 5.09 Å². The van der Waals surface area contributed by atoms with Gasteiger partial charge in [0, 0.05) is 0 Å². The Labute approximate surface area is 54.5 Å². The zero-order chi connectivity index (χ0) is 5.66. The Morgan fingerprint density at radius 1 is 1.12 bits per heavy atom. The molecule has 1 N–H and O–H groups in total. The Kier molecular flexibility index (Phi) is 4.05. The van der Waals surface area contributed by atoms with E-state index < -0.39 is 0 Å². The lowest BCUT2D eigenvalue weighted by molar-refractivity contribution is 0.709. The van der Waals surface area contributed by atoms with Crippen molar-refractivity contribution in [3.05, 3.63) is 0 Å². The van der Waals surface area contributed by atoms with Gasteiger partial charge in [0.15, 0.2) is 0 Å². The van der Waals surface area contributed by atoms with Crippen LogP contribution in [-0.4, -0.2) is 12.7 Å². The molecule has 0 aromatic heterocycles. The summed E-state index contributed by atoms with van der Waals surface area (Å²) in [4.78, 5) is 0. The lowest BCUT2D eigenvalue weighted by atomic mass is 10.2. The molecule has 0 aromatic carbocycles.